The van der Waals surface area contributed by atoms with E-state index in [2.05, 4.69) is 0 Å². The van der Waals surface area contributed by atoms with E-state index in [1.54, 1.807) is 30.3 Å². The molecule has 1 atom stereocenters. The molecule has 1 aromatic carbocycles. The lowest BCUT2D eigenvalue weighted by atomic mass is 10.1. The maximum Gasteiger partial charge on any atom is 0.407 e. The lowest BCUT2D eigenvalue weighted by Crippen LogP contribution is -2.43. The number of carboxylic acid groups (broad SMARTS) is 1. The van der Waals surface area contributed by atoms with Gasteiger partial charge in [-0.3, -0.25) is 4.90 Å². The van der Waals surface area contributed by atoms with Gasteiger partial charge in [-0.2, -0.15) is 13.2 Å². The van der Waals surface area contributed by atoms with Crippen molar-refractivity contribution < 1.29 is 28.2 Å². The van der Waals surface area contributed by atoms with E-state index in [9.17, 15) is 18.0 Å². The quantitative estimate of drug-likeness (QED) is 0.869. The first-order valence-corrected chi connectivity index (χ1v) is 5.54. The van der Waals surface area contributed by atoms with Gasteiger partial charge in [0.25, 0.3) is 0 Å². The monoisotopic (exact) mass is 277 g/mol. The van der Waals surface area contributed by atoms with E-state index in [4.69, 9.17) is 10.2 Å². The fourth-order valence-corrected chi connectivity index (χ4v) is 1.67. The van der Waals surface area contributed by atoms with E-state index in [1.807, 2.05) is 0 Å². The number of aliphatic hydroxyl groups excluding tert-OH is 1. The molecule has 0 saturated heterocycles. The van der Waals surface area contributed by atoms with Crippen LogP contribution >= 0.6 is 0 Å². The highest BCUT2D eigenvalue weighted by molar-refractivity contribution is 5.65. The van der Waals surface area contributed by atoms with Crippen molar-refractivity contribution in [2.45, 2.75) is 25.2 Å². The van der Waals surface area contributed by atoms with Crippen molar-refractivity contribution >= 4 is 6.09 Å². The summed E-state index contributed by atoms with van der Waals surface area (Å²) in [4.78, 5) is 11.6. The highest BCUT2D eigenvalue weighted by Gasteiger charge is 2.36. The van der Waals surface area contributed by atoms with Gasteiger partial charge in [-0.15, -0.1) is 0 Å². The minimum atomic E-state index is -4.53. The van der Waals surface area contributed by atoms with Gasteiger partial charge in [-0.05, 0) is 5.56 Å². The van der Waals surface area contributed by atoms with Gasteiger partial charge in [-0.1, -0.05) is 30.3 Å². The number of aliphatic hydroxyl groups is 1. The second-order valence-corrected chi connectivity index (χ2v) is 4.05. The van der Waals surface area contributed by atoms with Crippen LogP contribution in [0.4, 0.5) is 18.0 Å². The van der Waals surface area contributed by atoms with Gasteiger partial charge in [0.1, 0.15) is 0 Å². The number of hydrogen-bond donors (Lipinski definition) is 2. The molecular formula is C12H14F3NO3. The third-order valence-electron chi connectivity index (χ3n) is 2.56. The number of rotatable bonds is 5. The first kappa shape index (κ1) is 15.3. The maximum absolute atomic E-state index is 12.3. The van der Waals surface area contributed by atoms with E-state index in [0.717, 1.165) is 0 Å². The zero-order valence-electron chi connectivity index (χ0n) is 9.97. The van der Waals surface area contributed by atoms with Gasteiger partial charge in [-0.25, -0.2) is 4.79 Å². The van der Waals surface area contributed by atoms with Crippen molar-refractivity contribution in [1.29, 1.82) is 0 Å². The number of amides is 1. The van der Waals surface area contributed by atoms with E-state index in [0.29, 0.717) is 10.5 Å². The zero-order chi connectivity index (χ0) is 14.5. The maximum atomic E-state index is 12.3. The molecule has 7 heteroatoms. The Morgan fingerprint density at radius 3 is 2.26 bits per heavy atom. The van der Waals surface area contributed by atoms with Crippen LogP contribution in [0.1, 0.15) is 12.0 Å². The normalized spacial score (nSPS) is 13.1. The molecule has 1 amide bonds. The number of benzene rings is 1. The Morgan fingerprint density at radius 2 is 1.84 bits per heavy atom. The molecule has 0 bridgehead atoms. The van der Waals surface area contributed by atoms with Crippen LogP contribution in [0.5, 0.6) is 0 Å². The molecule has 0 aliphatic carbocycles. The van der Waals surface area contributed by atoms with E-state index in [1.165, 1.54) is 0 Å². The topological polar surface area (TPSA) is 60.8 Å². The molecular weight excluding hydrogens is 263 g/mol. The van der Waals surface area contributed by atoms with Crippen molar-refractivity contribution in [3.05, 3.63) is 35.9 Å². The number of hydrogen-bond acceptors (Lipinski definition) is 2. The number of carbonyl (C=O) groups is 1. The van der Waals surface area contributed by atoms with E-state index < -0.39 is 31.3 Å². The van der Waals surface area contributed by atoms with Crippen LogP contribution in [0, 0.1) is 0 Å². The number of alkyl halides is 3. The van der Waals surface area contributed by atoms with Crippen molar-refractivity contribution in [2.24, 2.45) is 0 Å². The second-order valence-electron chi connectivity index (χ2n) is 4.05. The molecule has 0 saturated carbocycles. The molecule has 19 heavy (non-hydrogen) atoms. The predicted octanol–water partition coefficient (Wildman–Crippen LogP) is 2.48. The van der Waals surface area contributed by atoms with Crippen LogP contribution in [-0.4, -0.2) is 40.0 Å². The lowest BCUT2D eigenvalue weighted by Gasteiger charge is -2.28. The molecule has 0 aliphatic heterocycles. The summed E-state index contributed by atoms with van der Waals surface area (Å²) in [5.41, 5.74) is 0.561. The third kappa shape index (κ3) is 5.17. The SMILES string of the molecule is O=C(O)N(Cc1ccccc1)C(CO)CC(F)(F)F. The average molecular weight is 277 g/mol. The molecule has 0 aliphatic rings. The standard InChI is InChI=1S/C12H14F3NO3/c13-12(14,15)6-10(8-17)16(11(18)19)7-9-4-2-1-3-5-9/h1-5,10,17H,6-8H2,(H,18,19). The number of halogens is 3. The highest BCUT2D eigenvalue weighted by atomic mass is 19.4. The predicted molar refractivity (Wildman–Crippen MR) is 61.6 cm³/mol. The summed E-state index contributed by atoms with van der Waals surface area (Å²) < 4.78 is 37.0. The van der Waals surface area contributed by atoms with Crippen LogP contribution in [0.25, 0.3) is 0 Å². The summed E-state index contributed by atoms with van der Waals surface area (Å²) in [5.74, 6) is 0. The summed E-state index contributed by atoms with van der Waals surface area (Å²) in [6.45, 7) is -1.07. The van der Waals surface area contributed by atoms with Crippen molar-refractivity contribution in [3.63, 3.8) is 0 Å². The Balaban J connectivity index is 2.83. The zero-order valence-corrected chi connectivity index (χ0v) is 9.97. The van der Waals surface area contributed by atoms with Gasteiger partial charge >= 0.3 is 12.3 Å². The molecule has 4 nitrogen and oxygen atoms in total. The lowest BCUT2D eigenvalue weighted by molar-refractivity contribution is -0.149. The van der Waals surface area contributed by atoms with Crippen LogP contribution in [0.15, 0.2) is 30.3 Å². The van der Waals surface area contributed by atoms with E-state index in [-0.39, 0.29) is 6.54 Å². The van der Waals surface area contributed by atoms with Crippen LogP contribution in [0.2, 0.25) is 0 Å². The van der Waals surface area contributed by atoms with Crippen molar-refractivity contribution in [3.8, 4) is 0 Å². The summed E-state index contributed by atoms with van der Waals surface area (Å²) >= 11 is 0. The molecule has 1 rings (SSSR count). The Kier molecular flexibility index (Phi) is 5.17. The summed E-state index contributed by atoms with van der Waals surface area (Å²) in [6, 6.07) is 6.75. The smallest absolute Gasteiger partial charge is 0.407 e. The van der Waals surface area contributed by atoms with Crippen LogP contribution < -0.4 is 0 Å². The Bertz CT molecular complexity index is 408. The van der Waals surface area contributed by atoms with Crippen LogP contribution in [-0.2, 0) is 6.54 Å². The molecule has 1 unspecified atom stereocenters. The minimum Gasteiger partial charge on any atom is -0.465 e. The molecule has 0 radical (unpaired) electrons. The molecule has 2 N–H and O–H groups in total. The minimum absolute atomic E-state index is 0.197. The Hall–Kier alpha value is -1.76. The third-order valence-corrected chi connectivity index (χ3v) is 2.56. The van der Waals surface area contributed by atoms with Gasteiger partial charge in [0.15, 0.2) is 0 Å². The van der Waals surface area contributed by atoms with Crippen molar-refractivity contribution in [1.82, 2.24) is 4.90 Å². The Morgan fingerprint density at radius 1 is 1.26 bits per heavy atom. The van der Waals surface area contributed by atoms with E-state index >= 15 is 0 Å². The number of nitrogens with zero attached hydrogens (tertiary/aromatic N) is 1. The molecule has 1 aromatic rings. The van der Waals surface area contributed by atoms with Gasteiger partial charge in [0.2, 0.25) is 0 Å². The average Bonchev–Trinajstić information content (AvgIpc) is 2.33. The summed E-state index contributed by atoms with van der Waals surface area (Å²) in [5, 5.41) is 18.0. The van der Waals surface area contributed by atoms with Crippen LogP contribution in [0.3, 0.4) is 0 Å². The first-order valence-electron chi connectivity index (χ1n) is 5.54. The molecule has 0 aromatic heterocycles. The highest BCUT2D eigenvalue weighted by Crippen LogP contribution is 2.25. The molecule has 0 heterocycles. The summed E-state index contributed by atoms with van der Waals surface area (Å²) in [6.07, 6.45) is -7.40. The molecule has 0 fully saturated rings. The Labute approximate surface area is 108 Å². The first-order chi connectivity index (χ1) is 8.83. The van der Waals surface area contributed by atoms with Gasteiger partial charge in [0.05, 0.1) is 19.1 Å². The van der Waals surface area contributed by atoms with Gasteiger partial charge in [0, 0.05) is 6.54 Å². The second kappa shape index (κ2) is 6.42. The largest absolute Gasteiger partial charge is 0.465 e. The molecule has 106 valence electrons. The molecule has 0 spiro atoms. The fraction of sp³-hybridized carbons (Fsp3) is 0.417. The van der Waals surface area contributed by atoms with Gasteiger partial charge < -0.3 is 10.2 Å². The van der Waals surface area contributed by atoms with Crippen molar-refractivity contribution in [2.75, 3.05) is 6.61 Å². The summed E-state index contributed by atoms with van der Waals surface area (Å²) in [7, 11) is 0. The fourth-order valence-electron chi connectivity index (χ4n) is 1.67.